The number of hydrogen-bond donors (Lipinski definition) is 1. The maximum absolute atomic E-state index is 13.7. The highest BCUT2D eigenvalue weighted by Gasteiger charge is 2.36. The Labute approximate surface area is 234 Å². The number of alkyl halides is 3. The molecule has 9 heteroatoms. The van der Waals surface area contributed by atoms with Gasteiger partial charge in [0.2, 0.25) is 11.8 Å². The second-order valence-electron chi connectivity index (χ2n) is 11.3. The van der Waals surface area contributed by atoms with Crippen molar-refractivity contribution in [3.05, 3.63) is 64.2 Å². The van der Waals surface area contributed by atoms with Crippen LogP contribution in [-0.4, -0.2) is 42.9 Å². The van der Waals surface area contributed by atoms with Crippen molar-refractivity contribution in [1.29, 1.82) is 0 Å². The average Bonchev–Trinajstić information content (AvgIpc) is 2.88. The molecule has 39 heavy (non-hydrogen) atoms. The minimum atomic E-state index is -4.49. The lowest BCUT2D eigenvalue weighted by Crippen LogP contribution is -2.52. The monoisotopic (exact) mass is 565 g/mol. The SMILES string of the molecule is CCC(=O)N[C@@H](CC(C)C)c1cc(C(F)(F)F)ccc1N1CCN(C(=O)C(C)(C)Cc2ccc(Cl)cc2)CC1. The van der Waals surface area contributed by atoms with Gasteiger partial charge in [-0.3, -0.25) is 9.59 Å². The fraction of sp³-hybridized carbons (Fsp3) is 0.533. The molecule has 1 fully saturated rings. The van der Waals surface area contributed by atoms with E-state index in [1.807, 2.05) is 61.8 Å². The van der Waals surface area contributed by atoms with Crippen LogP contribution in [0.15, 0.2) is 42.5 Å². The number of rotatable bonds is 9. The van der Waals surface area contributed by atoms with E-state index in [-0.39, 0.29) is 24.2 Å². The predicted molar refractivity (Wildman–Crippen MR) is 150 cm³/mol. The van der Waals surface area contributed by atoms with Crippen LogP contribution in [0.1, 0.15) is 70.2 Å². The van der Waals surface area contributed by atoms with Crippen molar-refractivity contribution in [2.24, 2.45) is 11.3 Å². The molecule has 0 aromatic heterocycles. The number of halogens is 4. The molecule has 1 atom stereocenters. The predicted octanol–water partition coefficient (Wildman–Crippen LogP) is 6.89. The molecular weight excluding hydrogens is 527 g/mol. The molecule has 0 spiro atoms. The summed E-state index contributed by atoms with van der Waals surface area (Å²) in [5.74, 6) is -0.00753. The summed E-state index contributed by atoms with van der Waals surface area (Å²) in [6.07, 6.45) is -3.17. The zero-order valence-electron chi connectivity index (χ0n) is 23.4. The number of anilines is 1. The van der Waals surface area contributed by atoms with Gasteiger partial charge in [0.25, 0.3) is 0 Å². The molecule has 0 saturated carbocycles. The van der Waals surface area contributed by atoms with Crippen LogP contribution in [0, 0.1) is 11.3 Å². The van der Waals surface area contributed by atoms with Crippen molar-refractivity contribution < 1.29 is 22.8 Å². The molecule has 2 aromatic carbocycles. The highest BCUT2D eigenvalue weighted by atomic mass is 35.5. The normalized spacial score (nSPS) is 15.4. The summed E-state index contributed by atoms with van der Waals surface area (Å²) in [7, 11) is 0. The number of amides is 2. The van der Waals surface area contributed by atoms with E-state index in [0.29, 0.717) is 55.3 Å². The smallest absolute Gasteiger partial charge is 0.368 e. The molecule has 5 nitrogen and oxygen atoms in total. The molecule has 0 radical (unpaired) electrons. The van der Waals surface area contributed by atoms with Crippen LogP contribution in [0.25, 0.3) is 0 Å². The van der Waals surface area contributed by atoms with Gasteiger partial charge in [-0.25, -0.2) is 0 Å². The van der Waals surface area contributed by atoms with Crippen LogP contribution in [0.2, 0.25) is 5.02 Å². The summed E-state index contributed by atoms with van der Waals surface area (Å²) in [5.41, 5.74) is 0.790. The Balaban J connectivity index is 1.82. The molecule has 1 heterocycles. The Hall–Kier alpha value is -2.74. The van der Waals surface area contributed by atoms with Crippen molar-refractivity contribution in [2.75, 3.05) is 31.1 Å². The third-order valence-electron chi connectivity index (χ3n) is 7.14. The Morgan fingerprint density at radius 3 is 2.15 bits per heavy atom. The Morgan fingerprint density at radius 2 is 1.62 bits per heavy atom. The van der Waals surface area contributed by atoms with E-state index in [4.69, 9.17) is 11.6 Å². The lowest BCUT2D eigenvalue weighted by Gasteiger charge is -2.41. The van der Waals surface area contributed by atoms with E-state index in [2.05, 4.69) is 5.32 Å². The van der Waals surface area contributed by atoms with Gasteiger partial charge in [0.15, 0.2) is 0 Å². The average molecular weight is 566 g/mol. The van der Waals surface area contributed by atoms with E-state index in [1.165, 1.54) is 12.1 Å². The third-order valence-corrected chi connectivity index (χ3v) is 7.39. The first-order chi connectivity index (χ1) is 18.2. The van der Waals surface area contributed by atoms with Crippen LogP contribution < -0.4 is 10.2 Å². The van der Waals surface area contributed by atoms with Crippen LogP contribution in [0.5, 0.6) is 0 Å². The van der Waals surface area contributed by atoms with Crippen molar-refractivity contribution in [3.8, 4) is 0 Å². The summed E-state index contributed by atoms with van der Waals surface area (Å²) in [6.45, 7) is 11.4. The first kappa shape index (κ1) is 30.8. The molecule has 0 bridgehead atoms. The maximum atomic E-state index is 13.7. The minimum absolute atomic E-state index is 0.0395. The van der Waals surface area contributed by atoms with Gasteiger partial charge in [-0.1, -0.05) is 58.4 Å². The second-order valence-corrected chi connectivity index (χ2v) is 11.8. The van der Waals surface area contributed by atoms with Crippen molar-refractivity contribution in [1.82, 2.24) is 10.2 Å². The van der Waals surface area contributed by atoms with Gasteiger partial charge in [0.05, 0.1) is 11.6 Å². The van der Waals surface area contributed by atoms with Crippen molar-refractivity contribution >= 4 is 29.1 Å². The lowest BCUT2D eigenvalue weighted by molar-refractivity contribution is -0.140. The zero-order chi connectivity index (χ0) is 29.0. The minimum Gasteiger partial charge on any atom is -0.368 e. The van der Waals surface area contributed by atoms with Crippen LogP contribution in [-0.2, 0) is 22.2 Å². The van der Waals surface area contributed by atoms with Gasteiger partial charge in [-0.05, 0) is 60.2 Å². The fourth-order valence-electron chi connectivity index (χ4n) is 5.10. The number of carbonyl (C=O) groups is 2. The topological polar surface area (TPSA) is 52.7 Å². The molecule has 3 rings (SSSR count). The highest BCUT2D eigenvalue weighted by Crippen LogP contribution is 2.38. The Kier molecular flexibility index (Phi) is 9.97. The molecule has 0 unspecified atom stereocenters. The summed E-state index contributed by atoms with van der Waals surface area (Å²) >= 11 is 5.99. The second kappa shape index (κ2) is 12.6. The Morgan fingerprint density at radius 1 is 1.00 bits per heavy atom. The molecule has 214 valence electrons. The maximum Gasteiger partial charge on any atom is 0.416 e. The lowest BCUT2D eigenvalue weighted by atomic mass is 9.84. The van der Waals surface area contributed by atoms with Crippen molar-refractivity contribution in [2.45, 2.75) is 66.1 Å². The molecule has 1 N–H and O–H groups in total. The van der Waals surface area contributed by atoms with Crippen LogP contribution in [0.3, 0.4) is 0 Å². The van der Waals surface area contributed by atoms with E-state index < -0.39 is 23.2 Å². The summed E-state index contributed by atoms with van der Waals surface area (Å²) in [6, 6.07) is 10.7. The standard InChI is InChI=1S/C30H39ClF3N3O2/c1-6-27(38)35-25(17-20(2)3)24-18-22(30(32,33)34)9-12-26(24)36-13-15-37(16-14-36)28(39)29(4,5)19-21-7-10-23(31)11-8-21/h7-12,18,20,25H,6,13-17,19H2,1-5H3,(H,35,38)/t25-/m0/s1. The van der Waals surface area contributed by atoms with E-state index in [9.17, 15) is 22.8 Å². The first-order valence-corrected chi connectivity index (χ1v) is 13.9. The first-order valence-electron chi connectivity index (χ1n) is 13.5. The quantitative estimate of drug-likeness (QED) is 0.360. The van der Waals surface area contributed by atoms with Crippen LogP contribution >= 0.6 is 11.6 Å². The van der Waals surface area contributed by atoms with Gasteiger partial charge in [0, 0.05) is 48.7 Å². The van der Waals surface area contributed by atoms with Gasteiger partial charge < -0.3 is 15.1 Å². The molecule has 1 aliphatic heterocycles. The van der Waals surface area contributed by atoms with Crippen LogP contribution in [0.4, 0.5) is 18.9 Å². The van der Waals surface area contributed by atoms with Gasteiger partial charge in [0.1, 0.15) is 0 Å². The number of carbonyl (C=O) groups excluding carboxylic acids is 2. The molecule has 1 saturated heterocycles. The zero-order valence-corrected chi connectivity index (χ0v) is 24.1. The van der Waals surface area contributed by atoms with E-state index in [1.54, 1.807) is 6.92 Å². The molecule has 2 aromatic rings. The number of hydrogen-bond acceptors (Lipinski definition) is 3. The number of piperazine rings is 1. The molecule has 1 aliphatic rings. The van der Waals surface area contributed by atoms with Crippen molar-refractivity contribution in [3.63, 3.8) is 0 Å². The highest BCUT2D eigenvalue weighted by molar-refractivity contribution is 6.30. The molecule has 2 amide bonds. The summed E-state index contributed by atoms with van der Waals surface area (Å²) in [5, 5.41) is 3.59. The number of nitrogens with one attached hydrogen (secondary N) is 1. The van der Waals surface area contributed by atoms with Gasteiger partial charge in [-0.15, -0.1) is 0 Å². The molecular formula is C30H39ClF3N3O2. The van der Waals surface area contributed by atoms with E-state index >= 15 is 0 Å². The van der Waals surface area contributed by atoms with Gasteiger partial charge in [-0.2, -0.15) is 13.2 Å². The summed E-state index contributed by atoms with van der Waals surface area (Å²) in [4.78, 5) is 29.6. The van der Waals surface area contributed by atoms with E-state index in [0.717, 1.165) is 11.6 Å². The Bertz CT molecular complexity index is 1140. The largest absolute Gasteiger partial charge is 0.416 e. The summed E-state index contributed by atoms with van der Waals surface area (Å²) < 4.78 is 41.0. The van der Waals surface area contributed by atoms with Gasteiger partial charge >= 0.3 is 6.18 Å². The molecule has 0 aliphatic carbocycles. The third kappa shape index (κ3) is 8.13. The number of benzene rings is 2. The number of nitrogens with zero attached hydrogens (tertiary/aromatic N) is 2. The fourth-order valence-corrected chi connectivity index (χ4v) is 5.22.